The van der Waals surface area contributed by atoms with Crippen LogP contribution in [0.2, 0.25) is 0 Å². The maximum atomic E-state index is 12.6. The third-order valence-electron chi connectivity index (χ3n) is 3.21. The monoisotopic (exact) mass is 403 g/mol. The summed E-state index contributed by atoms with van der Waals surface area (Å²) in [6.07, 6.45) is 0. The van der Waals surface area contributed by atoms with E-state index in [1.807, 2.05) is 4.72 Å². The Balaban J connectivity index is 1.87. The van der Waals surface area contributed by atoms with E-state index in [2.05, 4.69) is 0 Å². The highest BCUT2D eigenvalue weighted by atomic mass is 32.5. The van der Waals surface area contributed by atoms with Gasteiger partial charge in [0.15, 0.2) is 11.5 Å². The van der Waals surface area contributed by atoms with Gasteiger partial charge in [0.25, 0.3) is 10.0 Å². The molecule has 12 heteroatoms. The van der Waals surface area contributed by atoms with Crippen molar-refractivity contribution in [2.45, 2.75) is 9.79 Å². The van der Waals surface area contributed by atoms with Crippen molar-refractivity contribution in [1.82, 2.24) is 0 Å². The second-order valence-electron chi connectivity index (χ2n) is 5.11. The van der Waals surface area contributed by atoms with Crippen LogP contribution in [0.1, 0.15) is 0 Å². The first kappa shape index (κ1) is 17.6. The van der Waals surface area contributed by atoms with E-state index in [0.29, 0.717) is 17.9 Å². The summed E-state index contributed by atoms with van der Waals surface area (Å²) in [7, 11) is -14.0. The normalized spacial score (nSPS) is 16.8. The number of hydrogen-bond donors (Lipinski definition) is 1. The lowest BCUT2D eigenvalue weighted by molar-refractivity contribution is 0.174. The number of ether oxygens (including phenoxy) is 2. The fourth-order valence-electron chi connectivity index (χ4n) is 2.04. The van der Waals surface area contributed by atoms with Gasteiger partial charge in [0.2, 0.25) is 6.79 Å². The number of hydrogen-bond acceptors (Lipinski definition) is 4. The number of fused-ring (bicyclic) bond motifs is 1. The van der Waals surface area contributed by atoms with E-state index in [9.17, 15) is 27.8 Å². The average Bonchev–Trinajstić information content (AvgIpc) is 2.92. The maximum Gasteiger partial charge on any atom is 0.310 e. The van der Waals surface area contributed by atoms with Gasteiger partial charge in [-0.05, 0) is 36.4 Å². The second-order valence-corrected chi connectivity index (χ2v) is 9.21. The van der Waals surface area contributed by atoms with Crippen LogP contribution < -0.4 is 14.2 Å². The van der Waals surface area contributed by atoms with Gasteiger partial charge in [-0.1, -0.05) is 19.4 Å². The molecule has 2 aromatic carbocycles. The maximum absolute atomic E-state index is 12.6. The molecule has 0 saturated heterocycles. The van der Waals surface area contributed by atoms with Crippen LogP contribution >= 0.6 is 10.2 Å². The van der Waals surface area contributed by atoms with Gasteiger partial charge in [0, 0.05) is 11.8 Å². The third-order valence-corrected chi connectivity index (χ3v) is 5.75. The van der Waals surface area contributed by atoms with Crippen molar-refractivity contribution in [1.29, 1.82) is 0 Å². The first-order valence-electron chi connectivity index (χ1n) is 6.51. The van der Waals surface area contributed by atoms with Crippen molar-refractivity contribution < 1.29 is 37.3 Å². The van der Waals surface area contributed by atoms with Crippen molar-refractivity contribution in [2.24, 2.45) is 0 Å². The van der Waals surface area contributed by atoms with Gasteiger partial charge in [0.05, 0.1) is 4.90 Å². The van der Waals surface area contributed by atoms with E-state index in [-0.39, 0.29) is 35.3 Å². The van der Waals surface area contributed by atoms with Crippen LogP contribution in [0, 0.1) is 0 Å². The number of rotatable bonds is 4. The van der Waals surface area contributed by atoms with E-state index in [1.165, 1.54) is 18.2 Å². The summed E-state index contributed by atoms with van der Waals surface area (Å²) in [4.78, 5) is -2.33. The van der Waals surface area contributed by atoms with Crippen molar-refractivity contribution in [3.05, 3.63) is 42.5 Å². The van der Waals surface area contributed by atoms with Crippen LogP contribution in [-0.2, 0) is 10.0 Å². The highest BCUT2D eigenvalue weighted by Gasteiger charge is 2.65. The summed E-state index contributed by atoms with van der Waals surface area (Å²) in [5.74, 6) is 0.540. The zero-order chi connectivity index (χ0) is 18.6. The molecule has 1 aliphatic heterocycles. The lowest BCUT2D eigenvalue weighted by Crippen LogP contribution is -2.13. The van der Waals surface area contributed by atoms with E-state index in [4.69, 9.17) is 9.47 Å². The van der Waals surface area contributed by atoms with Crippen LogP contribution in [-0.4, -0.2) is 15.2 Å². The standard InChI is InChI=1S/C13H10F5NO4S2/c14-25(15,16,17,18)11-4-1-9(2-5-11)19-24(20,21)10-3-6-12-13(7-10)23-8-22-12/h1-7,19H,8H2. The van der Waals surface area contributed by atoms with E-state index >= 15 is 0 Å². The quantitative estimate of drug-likeness (QED) is 0.740. The van der Waals surface area contributed by atoms with Gasteiger partial charge in [0.1, 0.15) is 4.90 Å². The van der Waals surface area contributed by atoms with Crippen molar-refractivity contribution in [3.8, 4) is 11.5 Å². The first-order chi connectivity index (χ1) is 11.2. The molecule has 0 amide bonds. The van der Waals surface area contributed by atoms with Gasteiger partial charge in [-0.2, -0.15) is 0 Å². The number of benzene rings is 2. The second kappa shape index (κ2) is 4.69. The Morgan fingerprint density at radius 2 is 1.48 bits per heavy atom. The van der Waals surface area contributed by atoms with Gasteiger partial charge >= 0.3 is 10.2 Å². The van der Waals surface area contributed by atoms with Crippen LogP contribution in [0.25, 0.3) is 0 Å². The fraction of sp³-hybridized carbons (Fsp3) is 0.0769. The molecule has 0 spiro atoms. The minimum absolute atomic E-state index is 0.0674. The Morgan fingerprint density at radius 3 is 2.08 bits per heavy atom. The lowest BCUT2D eigenvalue weighted by Gasteiger charge is -2.40. The minimum atomic E-state index is -9.81. The molecule has 5 nitrogen and oxygen atoms in total. The molecule has 0 aliphatic carbocycles. The molecular formula is C13H10F5NO4S2. The highest BCUT2D eigenvalue weighted by molar-refractivity contribution is 8.45. The predicted molar refractivity (Wildman–Crippen MR) is 81.2 cm³/mol. The molecule has 138 valence electrons. The van der Waals surface area contributed by atoms with Gasteiger partial charge in [-0.15, -0.1) is 0 Å². The minimum Gasteiger partial charge on any atom is -0.454 e. The molecule has 0 radical (unpaired) electrons. The Hall–Kier alpha value is -2.21. The van der Waals surface area contributed by atoms with Crippen LogP contribution in [0.15, 0.2) is 52.3 Å². The Kier molecular flexibility index (Phi) is 3.31. The van der Waals surface area contributed by atoms with Gasteiger partial charge < -0.3 is 9.47 Å². The lowest BCUT2D eigenvalue weighted by atomic mass is 10.3. The fourth-order valence-corrected chi connectivity index (χ4v) is 3.76. The molecule has 1 N–H and O–H groups in total. The molecular weight excluding hydrogens is 393 g/mol. The van der Waals surface area contributed by atoms with Crippen molar-refractivity contribution in [3.63, 3.8) is 0 Å². The molecule has 3 rings (SSSR count). The summed E-state index contributed by atoms with van der Waals surface area (Å²) >= 11 is 0. The third kappa shape index (κ3) is 3.74. The Labute approximate surface area is 139 Å². The predicted octanol–water partition coefficient (Wildman–Crippen LogP) is 4.87. The summed E-state index contributed by atoms with van der Waals surface area (Å²) in [6.45, 7) is -0.0674. The average molecular weight is 403 g/mol. The van der Waals surface area contributed by atoms with Crippen LogP contribution in [0.3, 0.4) is 0 Å². The largest absolute Gasteiger partial charge is 0.454 e. The van der Waals surface area contributed by atoms with E-state index < -0.39 is 25.1 Å². The van der Waals surface area contributed by atoms with E-state index in [0.717, 1.165) is 0 Å². The van der Waals surface area contributed by atoms with Crippen LogP contribution in [0.4, 0.5) is 25.1 Å². The van der Waals surface area contributed by atoms with Gasteiger partial charge in [-0.3, -0.25) is 4.72 Å². The molecule has 0 saturated carbocycles. The summed E-state index contributed by atoms with van der Waals surface area (Å²) in [5.41, 5.74) is -0.303. The molecule has 0 bridgehead atoms. The molecule has 0 aromatic heterocycles. The zero-order valence-corrected chi connectivity index (χ0v) is 13.7. The number of nitrogens with one attached hydrogen (secondary N) is 1. The smallest absolute Gasteiger partial charge is 0.310 e. The van der Waals surface area contributed by atoms with E-state index in [1.54, 1.807) is 0 Å². The Bertz CT molecular complexity index is 944. The SMILES string of the molecule is O=S(=O)(Nc1ccc(S(F)(F)(F)(F)F)cc1)c1ccc2c(c1)OCO2. The molecule has 1 heterocycles. The highest BCUT2D eigenvalue weighted by Crippen LogP contribution is 3.02. The van der Waals surface area contributed by atoms with Gasteiger partial charge in [-0.25, -0.2) is 8.42 Å². The first-order valence-corrected chi connectivity index (χ1v) is 9.95. The number of sulfonamides is 1. The summed E-state index contributed by atoms with van der Waals surface area (Å²) in [5, 5.41) is 0. The molecule has 0 unspecified atom stereocenters. The zero-order valence-electron chi connectivity index (χ0n) is 12.1. The van der Waals surface area contributed by atoms with Crippen molar-refractivity contribution in [2.75, 3.05) is 11.5 Å². The topological polar surface area (TPSA) is 64.6 Å². The molecule has 0 atom stereocenters. The summed E-state index contributed by atoms with van der Waals surface area (Å²) in [6, 6.07) is 5.20. The molecule has 0 fully saturated rings. The Morgan fingerprint density at radius 1 is 0.880 bits per heavy atom. The number of anilines is 1. The molecule has 25 heavy (non-hydrogen) atoms. The summed E-state index contributed by atoms with van der Waals surface area (Å²) < 4.78 is 99.8. The number of halogens is 5. The van der Waals surface area contributed by atoms with Crippen LogP contribution in [0.5, 0.6) is 11.5 Å². The molecule has 2 aromatic rings. The van der Waals surface area contributed by atoms with Crippen molar-refractivity contribution >= 4 is 25.9 Å². The molecule has 1 aliphatic rings.